The average molecular weight is 308 g/mol. The molecule has 22 heavy (non-hydrogen) atoms. The smallest absolute Gasteiger partial charge is 0.184 e. The fraction of sp³-hybridized carbons (Fsp3) is 0.0588. The van der Waals surface area contributed by atoms with Crippen LogP contribution in [0.3, 0.4) is 0 Å². The second-order valence-corrected chi connectivity index (χ2v) is 5.50. The minimum atomic E-state index is 0.146. The van der Waals surface area contributed by atoms with E-state index in [1.807, 2.05) is 18.2 Å². The molecule has 0 fully saturated rings. The topological polar surface area (TPSA) is 66.2 Å². The van der Waals surface area contributed by atoms with Gasteiger partial charge in [0.2, 0.25) is 0 Å². The summed E-state index contributed by atoms with van der Waals surface area (Å²) in [6, 6.07) is 16.5. The minimum absolute atomic E-state index is 0.146. The van der Waals surface area contributed by atoms with Crippen LogP contribution in [-0.2, 0) is 0 Å². The molecule has 1 aromatic heterocycles. The van der Waals surface area contributed by atoms with Crippen molar-refractivity contribution in [3.05, 3.63) is 59.7 Å². The highest BCUT2D eigenvalue weighted by atomic mass is 32.1. The van der Waals surface area contributed by atoms with E-state index in [1.165, 1.54) is 5.56 Å². The largest absolute Gasteiger partial charge is 0.375 e. The lowest BCUT2D eigenvalue weighted by molar-refractivity contribution is 1.04. The lowest BCUT2D eigenvalue weighted by Gasteiger charge is -2.02. The van der Waals surface area contributed by atoms with E-state index in [0.29, 0.717) is 0 Å². The highest BCUT2D eigenvalue weighted by Gasteiger charge is 2.11. The lowest BCUT2D eigenvalue weighted by atomic mass is 10.0. The van der Waals surface area contributed by atoms with Crippen molar-refractivity contribution in [3.63, 3.8) is 0 Å². The second-order valence-electron chi connectivity index (χ2n) is 5.06. The number of hydrazone groups is 1. The first-order valence-electron chi connectivity index (χ1n) is 6.91. The number of aromatic nitrogens is 1. The Balaban J connectivity index is 2.13. The lowest BCUT2D eigenvalue weighted by Crippen LogP contribution is -2.24. The van der Waals surface area contributed by atoms with Gasteiger partial charge in [-0.25, -0.2) is 0 Å². The van der Waals surface area contributed by atoms with Crippen LogP contribution in [0.25, 0.3) is 22.2 Å². The van der Waals surface area contributed by atoms with Crippen LogP contribution >= 0.6 is 12.2 Å². The number of rotatable bonds is 3. The van der Waals surface area contributed by atoms with Crippen molar-refractivity contribution in [3.8, 4) is 11.3 Å². The maximum atomic E-state index is 5.41. The van der Waals surface area contributed by atoms with Gasteiger partial charge in [-0.2, -0.15) is 5.10 Å². The van der Waals surface area contributed by atoms with Gasteiger partial charge in [0.25, 0.3) is 0 Å². The van der Waals surface area contributed by atoms with Crippen LogP contribution in [-0.4, -0.2) is 16.3 Å². The van der Waals surface area contributed by atoms with Gasteiger partial charge in [0.05, 0.1) is 11.9 Å². The SMILES string of the molecule is Cc1ccc(-c2[nH]c3ccccc3c2/C=N/NC(N)=S)cc1. The molecule has 5 heteroatoms. The van der Waals surface area contributed by atoms with Crippen molar-refractivity contribution < 1.29 is 0 Å². The molecular formula is C17H16N4S. The van der Waals surface area contributed by atoms with E-state index in [1.54, 1.807) is 6.21 Å². The van der Waals surface area contributed by atoms with E-state index in [4.69, 9.17) is 18.0 Å². The van der Waals surface area contributed by atoms with Crippen LogP contribution in [0.4, 0.5) is 0 Å². The first-order chi connectivity index (χ1) is 10.6. The maximum Gasteiger partial charge on any atom is 0.184 e. The van der Waals surface area contributed by atoms with Crippen molar-refractivity contribution >= 4 is 34.4 Å². The molecule has 0 unspecified atom stereocenters. The van der Waals surface area contributed by atoms with Crippen molar-refractivity contribution in [2.75, 3.05) is 0 Å². The molecule has 0 radical (unpaired) electrons. The molecule has 4 nitrogen and oxygen atoms in total. The Kier molecular flexibility index (Phi) is 3.89. The van der Waals surface area contributed by atoms with Crippen LogP contribution in [0.15, 0.2) is 53.6 Å². The molecular weight excluding hydrogens is 292 g/mol. The molecule has 0 aliphatic carbocycles. The van der Waals surface area contributed by atoms with Gasteiger partial charge in [0.15, 0.2) is 5.11 Å². The Morgan fingerprint density at radius 3 is 2.64 bits per heavy atom. The first kappa shape index (κ1) is 14.3. The van der Waals surface area contributed by atoms with Gasteiger partial charge in [-0.1, -0.05) is 48.0 Å². The molecule has 0 bridgehead atoms. The predicted octanol–water partition coefficient (Wildman–Crippen LogP) is 3.31. The number of hydrogen-bond donors (Lipinski definition) is 3. The molecule has 0 amide bonds. The summed E-state index contributed by atoms with van der Waals surface area (Å²) in [6.45, 7) is 2.07. The number of aromatic amines is 1. The normalized spacial score (nSPS) is 11.1. The zero-order valence-electron chi connectivity index (χ0n) is 12.1. The highest BCUT2D eigenvalue weighted by Crippen LogP contribution is 2.29. The standard InChI is InChI=1S/C17H16N4S/c1-11-6-8-12(9-7-11)16-14(10-19-21-17(18)22)13-4-2-3-5-15(13)20-16/h2-10,20H,1H3,(H3,18,21,22)/b19-10+. The molecule has 3 aromatic rings. The summed E-state index contributed by atoms with van der Waals surface area (Å²) >= 11 is 4.77. The molecule has 3 rings (SSSR count). The number of nitrogens with two attached hydrogens (primary N) is 1. The maximum absolute atomic E-state index is 5.41. The van der Waals surface area contributed by atoms with E-state index in [0.717, 1.165) is 27.7 Å². The summed E-state index contributed by atoms with van der Waals surface area (Å²) < 4.78 is 0. The van der Waals surface area contributed by atoms with Crippen LogP contribution in [0.1, 0.15) is 11.1 Å². The molecule has 0 saturated heterocycles. The summed E-state index contributed by atoms with van der Waals surface area (Å²) in [7, 11) is 0. The first-order valence-corrected chi connectivity index (χ1v) is 7.32. The van der Waals surface area contributed by atoms with E-state index in [9.17, 15) is 0 Å². The predicted molar refractivity (Wildman–Crippen MR) is 96.0 cm³/mol. The van der Waals surface area contributed by atoms with Crippen molar-refractivity contribution in [1.29, 1.82) is 0 Å². The molecule has 110 valence electrons. The van der Waals surface area contributed by atoms with Crippen molar-refractivity contribution in [1.82, 2.24) is 10.4 Å². The third-order valence-electron chi connectivity index (χ3n) is 3.45. The number of aryl methyl sites for hydroxylation is 1. The summed E-state index contributed by atoms with van der Waals surface area (Å²) in [4.78, 5) is 3.45. The fourth-order valence-electron chi connectivity index (χ4n) is 2.41. The van der Waals surface area contributed by atoms with Gasteiger partial charge in [0.1, 0.15) is 0 Å². The number of benzene rings is 2. The van der Waals surface area contributed by atoms with Crippen LogP contribution in [0.5, 0.6) is 0 Å². The second kappa shape index (κ2) is 5.99. The third-order valence-corrected chi connectivity index (χ3v) is 3.55. The van der Waals surface area contributed by atoms with Crippen molar-refractivity contribution in [2.45, 2.75) is 6.92 Å². The van der Waals surface area contributed by atoms with Crippen LogP contribution in [0, 0.1) is 6.92 Å². The van der Waals surface area contributed by atoms with Gasteiger partial charge in [-0.3, -0.25) is 5.43 Å². The Morgan fingerprint density at radius 2 is 1.91 bits per heavy atom. The van der Waals surface area contributed by atoms with Gasteiger partial charge in [-0.15, -0.1) is 0 Å². The number of nitrogens with zero attached hydrogens (tertiary/aromatic N) is 1. The molecule has 1 heterocycles. The minimum Gasteiger partial charge on any atom is -0.375 e. The number of nitrogens with one attached hydrogen (secondary N) is 2. The van der Waals surface area contributed by atoms with Crippen molar-refractivity contribution in [2.24, 2.45) is 10.8 Å². The third kappa shape index (κ3) is 2.84. The summed E-state index contributed by atoms with van der Waals surface area (Å²) in [5, 5.41) is 5.36. The van der Waals surface area contributed by atoms with E-state index in [-0.39, 0.29) is 5.11 Å². The van der Waals surface area contributed by atoms with Crippen LogP contribution < -0.4 is 11.2 Å². The van der Waals surface area contributed by atoms with Gasteiger partial charge < -0.3 is 10.7 Å². The Hall–Kier alpha value is -2.66. The summed E-state index contributed by atoms with van der Waals surface area (Å²) in [5.74, 6) is 0. The quantitative estimate of drug-likeness (QED) is 0.395. The van der Waals surface area contributed by atoms with Gasteiger partial charge in [-0.05, 0) is 30.8 Å². The van der Waals surface area contributed by atoms with E-state index < -0.39 is 0 Å². The Labute approximate surface area is 134 Å². The summed E-state index contributed by atoms with van der Waals surface area (Å²) in [6.07, 6.45) is 1.74. The molecule has 0 spiro atoms. The van der Waals surface area contributed by atoms with Gasteiger partial charge in [0, 0.05) is 16.5 Å². The van der Waals surface area contributed by atoms with Gasteiger partial charge >= 0.3 is 0 Å². The fourth-order valence-corrected chi connectivity index (χ4v) is 2.46. The number of H-pyrrole nitrogens is 1. The van der Waals surface area contributed by atoms with Crippen LogP contribution in [0.2, 0.25) is 0 Å². The highest BCUT2D eigenvalue weighted by molar-refractivity contribution is 7.80. The Morgan fingerprint density at radius 1 is 1.18 bits per heavy atom. The molecule has 0 saturated carbocycles. The molecule has 0 atom stereocenters. The zero-order chi connectivity index (χ0) is 15.5. The van der Waals surface area contributed by atoms with E-state index >= 15 is 0 Å². The molecule has 4 N–H and O–H groups in total. The average Bonchev–Trinajstić information content (AvgIpc) is 2.87. The number of fused-ring (bicyclic) bond motifs is 1. The zero-order valence-corrected chi connectivity index (χ0v) is 12.9. The number of hydrogen-bond acceptors (Lipinski definition) is 2. The summed E-state index contributed by atoms with van der Waals surface area (Å²) in [5.41, 5.74) is 13.4. The number of thiocarbonyl (C=S) groups is 1. The Bertz CT molecular complexity index is 847. The monoisotopic (exact) mass is 308 g/mol. The molecule has 0 aliphatic heterocycles. The molecule has 2 aromatic carbocycles. The molecule has 0 aliphatic rings. The number of para-hydroxylation sites is 1. The van der Waals surface area contributed by atoms with E-state index in [2.05, 4.69) is 52.8 Å².